The molecule has 4 nitrogen and oxygen atoms in total. The molecule has 21 heavy (non-hydrogen) atoms. The van der Waals surface area contributed by atoms with Gasteiger partial charge in [-0.25, -0.2) is 0 Å². The summed E-state index contributed by atoms with van der Waals surface area (Å²) < 4.78 is 5.71. The van der Waals surface area contributed by atoms with Crippen LogP contribution in [0.2, 0.25) is 0 Å². The quantitative estimate of drug-likeness (QED) is 0.882. The van der Waals surface area contributed by atoms with Gasteiger partial charge in [0.15, 0.2) is 5.54 Å². The SMILES string of the molecule is Cc1ccc(COc2cccc([C@](C)([NH3+])C(=O)[O-])c2)cc1. The molecule has 110 valence electrons. The fraction of sp³-hybridized carbons (Fsp3) is 0.235. The third-order valence-electron chi connectivity index (χ3n) is 3.45. The summed E-state index contributed by atoms with van der Waals surface area (Å²) in [6.45, 7) is 3.98. The molecule has 0 heterocycles. The Labute approximate surface area is 124 Å². The van der Waals surface area contributed by atoms with E-state index in [1.807, 2.05) is 31.2 Å². The summed E-state index contributed by atoms with van der Waals surface area (Å²) in [5.41, 5.74) is 5.22. The molecule has 2 rings (SSSR count). The molecule has 2 aromatic rings. The number of carbonyl (C=O) groups is 1. The van der Waals surface area contributed by atoms with Crippen LogP contribution in [0.3, 0.4) is 0 Å². The van der Waals surface area contributed by atoms with Gasteiger partial charge in [-0.05, 0) is 24.6 Å². The zero-order valence-electron chi connectivity index (χ0n) is 12.3. The van der Waals surface area contributed by atoms with E-state index in [-0.39, 0.29) is 0 Å². The predicted octanol–water partition coefficient (Wildman–Crippen LogP) is 0.781. The first-order valence-electron chi connectivity index (χ1n) is 6.75. The molecule has 0 aliphatic heterocycles. The van der Waals surface area contributed by atoms with E-state index in [9.17, 15) is 9.90 Å². The highest BCUT2D eigenvalue weighted by Crippen LogP contribution is 2.21. The lowest BCUT2D eigenvalue weighted by atomic mass is 9.93. The summed E-state index contributed by atoms with van der Waals surface area (Å²) in [7, 11) is 0. The zero-order chi connectivity index (χ0) is 15.5. The van der Waals surface area contributed by atoms with Crippen molar-refractivity contribution < 1.29 is 20.4 Å². The molecule has 0 saturated carbocycles. The Hall–Kier alpha value is -2.33. The highest BCUT2D eigenvalue weighted by Gasteiger charge is 2.27. The Bertz CT molecular complexity index is 633. The van der Waals surface area contributed by atoms with Crippen LogP contribution < -0.4 is 15.6 Å². The fourth-order valence-electron chi connectivity index (χ4n) is 1.90. The minimum Gasteiger partial charge on any atom is -0.543 e. The van der Waals surface area contributed by atoms with Crippen molar-refractivity contribution in [2.75, 3.05) is 0 Å². The Morgan fingerprint density at radius 1 is 1.24 bits per heavy atom. The Balaban J connectivity index is 2.11. The highest BCUT2D eigenvalue weighted by molar-refractivity contribution is 5.76. The molecule has 0 spiro atoms. The fourth-order valence-corrected chi connectivity index (χ4v) is 1.90. The molecule has 1 atom stereocenters. The average Bonchev–Trinajstić information content (AvgIpc) is 2.47. The topological polar surface area (TPSA) is 77.0 Å². The lowest BCUT2D eigenvalue weighted by molar-refractivity contribution is -0.489. The molecular weight excluding hydrogens is 266 g/mol. The molecule has 0 saturated heterocycles. The van der Waals surface area contributed by atoms with Gasteiger partial charge in [0.05, 0.1) is 0 Å². The molecule has 0 aliphatic carbocycles. The van der Waals surface area contributed by atoms with Gasteiger partial charge in [-0.15, -0.1) is 0 Å². The van der Waals surface area contributed by atoms with Crippen molar-refractivity contribution in [3.8, 4) is 5.75 Å². The van der Waals surface area contributed by atoms with Crippen LogP contribution in [0, 0.1) is 6.92 Å². The van der Waals surface area contributed by atoms with Crippen LogP contribution >= 0.6 is 0 Å². The van der Waals surface area contributed by atoms with Gasteiger partial charge in [0.2, 0.25) is 0 Å². The summed E-state index contributed by atoms with van der Waals surface area (Å²) in [5, 5.41) is 11.1. The van der Waals surface area contributed by atoms with Crippen molar-refractivity contribution in [1.29, 1.82) is 0 Å². The minimum atomic E-state index is -1.29. The molecule has 3 N–H and O–H groups in total. The van der Waals surface area contributed by atoms with Crippen molar-refractivity contribution in [3.05, 3.63) is 65.2 Å². The number of quaternary nitrogens is 1. The normalized spacial score (nSPS) is 13.5. The third-order valence-corrected chi connectivity index (χ3v) is 3.45. The van der Waals surface area contributed by atoms with Crippen molar-refractivity contribution in [3.63, 3.8) is 0 Å². The van der Waals surface area contributed by atoms with Crippen LogP contribution in [0.25, 0.3) is 0 Å². The van der Waals surface area contributed by atoms with Gasteiger partial charge >= 0.3 is 0 Å². The number of carboxylic acid groups (broad SMARTS) is 1. The average molecular weight is 285 g/mol. The summed E-state index contributed by atoms with van der Waals surface area (Å²) in [6, 6.07) is 15.0. The monoisotopic (exact) mass is 285 g/mol. The van der Waals surface area contributed by atoms with Crippen LogP contribution in [-0.4, -0.2) is 5.97 Å². The van der Waals surface area contributed by atoms with Gasteiger partial charge in [-0.2, -0.15) is 0 Å². The van der Waals surface area contributed by atoms with E-state index in [1.54, 1.807) is 24.3 Å². The van der Waals surface area contributed by atoms with Crippen LogP contribution in [0.5, 0.6) is 5.75 Å². The van der Waals surface area contributed by atoms with Crippen molar-refractivity contribution in [2.45, 2.75) is 26.0 Å². The van der Waals surface area contributed by atoms with Crippen LogP contribution in [0.4, 0.5) is 0 Å². The van der Waals surface area contributed by atoms with Gasteiger partial charge in [0.25, 0.3) is 0 Å². The van der Waals surface area contributed by atoms with Gasteiger partial charge in [0, 0.05) is 12.5 Å². The van der Waals surface area contributed by atoms with Gasteiger partial charge < -0.3 is 20.4 Å². The number of aryl methyl sites for hydroxylation is 1. The van der Waals surface area contributed by atoms with E-state index in [4.69, 9.17) is 4.74 Å². The molecule has 4 heteroatoms. The van der Waals surface area contributed by atoms with Crippen molar-refractivity contribution in [1.82, 2.24) is 0 Å². The van der Waals surface area contributed by atoms with E-state index < -0.39 is 11.5 Å². The number of aliphatic carboxylic acids is 1. The largest absolute Gasteiger partial charge is 0.543 e. The van der Waals surface area contributed by atoms with Gasteiger partial charge in [-0.3, -0.25) is 0 Å². The molecule has 0 bridgehead atoms. The second-order valence-electron chi connectivity index (χ2n) is 5.42. The number of hydrogen-bond donors (Lipinski definition) is 1. The lowest BCUT2D eigenvalue weighted by Gasteiger charge is -2.22. The molecule has 0 aliphatic rings. The Kier molecular flexibility index (Phi) is 4.29. The van der Waals surface area contributed by atoms with Gasteiger partial charge in [0.1, 0.15) is 18.3 Å². The number of hydrogen-bond acceptors (Lipinski definition) is 3. The molecule has 0 fully saturated rings. The molecule has 0 radical (unpaired) electrons. The first-order chi connectivity index (χ1) is 9.89. The summed E-state index contributed by atoms with van der Waals surface area (Å²) in [6.07, 6.45) is 0. The van der Waals surface area contributed by atoms with Gasteiger partial charge in [-0.1, -0.05) is 42.0 Å². The van der Waals surface area contributed by atoms with E-state index in [0.29, 0.717) is 17.9 Å². The van der Waals surface area contributed by atoms with E-state index in [2.05, 4.69) is 5.73 Å². The lowest BCUT2D eigenvalue weighted by Crippen LogP contribution is -2.75. The maximum Gasteiger partial charge on any atom is 0.157 e. The second kappa shape index (κ2) is 5.97. The molecule has 0 aromatic heterocycles. The number of ether oxygens (including phenoxy) is 1. The molecule has 2 aromatic carbocycles. The Morgan fingerprint density at radius 3 is 2.52 bits per heavy atom. The maximum absolute atomic E-state index is 11.1. The van der Waals surface area contributed by atoms with E-state index >= 15 is 0 Å². The number of rotatable bonds is 5. The second-order valence-corrected chi connectivity index (χ2v) is 5.42. The van der Waals surface area contributed by atoms with E-state index in [0.717, 1.165) is 5.56 Å². The third kappa shape index (κ3) is 3.61. The van der Waals surface area contributed by atoms with Crippen LogP contribution in [-0.2, 0) is 16.9 Å². The van der Waals surface area contributed by atoms with Crippen molar-refractivity contribution in [2.24, 2.45) is 0 Å². The van der Waals surface area contributed by atoms with Crippen LogP contribution in [0.1, 0.15) is 23.6 Å². The first-order valence-corrected chi connectivity index (χ1v) is 6.75. The zero-order valence-corrected chi connectivity index (χ0v) is 12.3. The molecule has 0 unspecified atom stereocenters. The summed E-state index contributed by atoms with van der Waals surface area (Å²) >= 11 is 0. The smallest absolute Gasteiger partial charge is 0.157 e. The van der Waals surface area contributed by atoms with Crippen LogP contribution in [0.15, 0.2) is 48.5 Å². The number of carboxylic acids is 1. The summed E-state index contributed by atoms with van der Waals surface area (Å²) in [5.74, 6) is -0.595. The number of carbonyl (C=O) groups excluding carboxylic acids is 1. The highest BCUT2D eigenvalue weighted by atomic mass is 16.5. The first kappa shape index (κ1) is 15.1. The van der Waals surface area contributed by atoms with Crippen molar-refractivity contribution >= 4 is 5.97 Å². The molecular formula is C17H19NO3. The predicted molar refractivity (Wildman–Crippen MR) is 77.2 cm³/mol. The maximum atomic E-state index is 11.1. The standard InChI is InChI=1S/C17H19NO3/c1-12-6-8-13(9-7-12)11-21-15-5-3-4-14(10-15)17(2,18)16(19)20/h3-10H,11,18H2,1-2H3,(H,19,20)/t17-/m0/s1. The Morgan fingerprint density at radius 2 is 1.90 bits per heavy atom. The minimum absolute atomic E-state index is 0.433. The van der Waals surface area contributed by atoms with E-state index in [1.165, 1.54) is 12.5 Å². The summed E-state index contributed by atoms with van der Waals surface area (Å²) in [4.78, 5) is 11.1. The number of benzene rings is 2. The molecule has 0 amide bonds.